The molecule has 17 heavy (non-hydrogen) atoms. The predicted molar refractivity (Wildman–Crippen MR) is 58.8 cm³/mol. The van der Waals surface area contributed by atoms with Crippen LogP contribution in [0.1, 0.15) is 11.1 Å². The van der Waals surface area contributed by atoms with E-state index in [1.807, 2.05) is 0 Å². The van der Waals surface area contributed by atoms with Crippen LogP contribution in [0.25, 0.3) is 0 Å². The molecule has 2 rings (SSSR count). The van der Waals surface area contributed by atoms with Crippen LogP contribution in [-0.4, -0.2) is 25.0 Å². The van der Waals surface area contributed by atoms with E-state index >= 15 is 0 Å². The summed E-state index contributed by atoms with van der Waals surface area (Å²) in [6.07, 6.45) is 0. The molecule has 0 atom stereocenters. The van der Waals surface area contributed by atoms with Crippen molar-refractivity contribution >= 4 is 11.5 Å². The van der Waals surface area contributed by atoms with Crippen LogP contribution in [0.5, 0.6) is 0 Å². The summed E-state index contributed by atoms with van der Waals surface area (Å²) in [5.74, 6) is -1.20. The van der Waals surface area contributed by atoms with Gasteiger partial charge in [0.15, 0.2) is 0 Å². The van der Waals surface area contributed by atoms with Crippen molar-refractivity contribution in [2.24, 2.45) is 0 Å². The maximum atomic E-state index is 10.7. The monoisotopic (exact) mass is 237 g/mol. The van der Waals surface area contributed by atoms with Crippen LogP contribution >= 0.6 is 0 Å². The third-order valence-corrected chi connectivity index (χ3v) is 2.70. The lowest BCUT2D eigenvalue weighted by atomic mass is 10.1. The largest absolute Gasteiger partial charge is 0.332 e. The highest BCUT2D eigenvalue weighted by Gasteiger charge is 2.43. The van der Waals surface area contributed by atoms with E-state index in [1.165, 1.54) is 32.4 Å². The number of hydrogen-bond donors (Lipinski definition) is 2. The van der Waals surface area contributed by atoms with Gasteiger partial charge in [-0.2, -0.15) is 0 Å². The molecule has 1 heterocycles. The van der Waals surface area contributed by atoms with Crippen LogP contribution in [0.2, 0.25) is 0 Å². The van der Waals surface area contributed by atoms with Crippen LogP contribution in [0.4, 0.5) is 5.69 Å². The number of amidine groups is 1. The summed E-state index contributed by atoms with van der Waals surface area (Å²) in [4.78, 5) is 10.2. The molecular formula is C10H11N3O4. The van der Waals surface area contributed by atoms with Crippen molar-refractivity contribution in [1.29, 1.82) is 5.41 Å². The molecule has 1 aliphatic heterocycles. The fourth-order valence-corrected chi connectivity index (χ4v) is 1.84. The zero-order valence-corrected chi connectivity index (χ0v) is 9.31. The van der Waals surface area contributed by atoms with Gasteiger partial charge in [0.25, 0.3) is 11.6 Å². The molecular weight excluding hydrogens is 226 g/mol. The number of methoxy groups -OCH3 is 2. The number of rotatable bonds is 3. The molecule has 0 aromatic heterocycles. The summed E-state index contributed by atoms with van der Waals surface area (Å²) in [6, 6.07) is 4.20. The van der Waals surface area contributed by atoms with Crippen molar-refractivity contribution in [2.45, 2.75) is 5.91 Å². The zero-order valence-electron chi connectivity index (χ0n) is 9.31. The van der Waals surface area contributed by atoms with Crippen LogP contribution in [0.3, 0.4) is 0 Å². The van der Waals surface area contributed by atoms with Crippen molar-refractivity contribution in [1.82, 2.24) is 5.32 Å². The molecule has 0 fully saturated rings. The summed E-state index contributed by atoms with van der Waals surface area (Å²) < 4.78 is 10.4. The van der Waals surface area contributed by atoms with Gasteiger partial charge in [-0.3, -0.25) is 15.5 Å². The molecule has 90 valence electrons. The Labute approximate surface area is 97.0 Å². The van der Waals surface area contributed by atoms with E-state index < -0.39 is 10.8 Å². The third kappa shape index (κ3) is 1.56. The van der Waals surface area contributed by atoms with Crippen molar-refractivity contribution in [3.63, 3.8) is 0 Å². The normalized spacial score (nSPS) is 16.5. The molecule has 1 aromatic rings. The Bertz CT molecular complexity index is 496. The molecule has 0 bridgehead atoms. The fraction of sp³-hybridized carbons (Fsp3) is 0.300. The van der Waals surface area contributed by atoms with Crippen LogP contribution in [0.15, 0.2) is 18.2 Å². The Morgan fingerprint density at radius 2 is 2.06 bits per heavy atom. The highest BCUT2D eigenvalue weighted by atomic mass is 16.7. The van der Waals surface area contributed by atoms with Gasteiger partial charge in [-0.1, -0.05) is 0 Å². The molecule has 0 aliphatic carbocycles. The lowest BCUT2D eigenvalue weighted by Crippen LogP contribution is -2.42. The summed E-state index contributed by atoms with van der Waals surface area (Å²) in [7, 11) is 2.86. The number of hydrogen-bond acceptors (Lipinski definition) is 5. The van der Waals surface area contributed by atoms with Crippen molar-refractivity contribution in [3.05, 3.63) is 39.4 Å². The van der Waals surface area contributed by atoms with Gasteiger partial charge in [-0.05, 0) is 6.07 Å². The third-order valence-electron chi connectivity index (χ3n) is 2.70. The lowest BCUT2D eigenvalue weighted by molar-refractivity contribution is -0.384. The average molecular weight is 237 g/mol. The topological polar surface area (TPSA) is 97.5 Å². The van der Waals surface area contributed by atoms with E-state index in [0.29, 0.717) is 11.1 Å². The Balaban J connectivity index is 2.58. The average Bonchev–Trinajstić information content (AvgIpc) is 2.62. The van der Waals surface area contributed by atoms with Gasteiger partial charge < -0.3 is 14.8 Å². The van der Waals surface area contributed by atoms with E-state index in [2.05, 4.69) is 5.32 Å². The molecule has 1 aromatic carbocycles. The minimum Gasteiger partial charge on any atom is -0.332 e. The summed E-state index contributed by atoms with van der Waals surface area (Å²) >= 11 is 0. The quantitative estimate of drug-likeness (QED) is 0.463. The van der Waals surface area contributed by atoms with Gasteiger partial charge >= 0.3 is 0 Å². The molecule has 1 aliphatic rings. The number of nitrogens with one attached hydrogen (secondary N) is 2. The van der Waals surface area contributed by atoms with E-state index in [9.17, 15) is 10.1 Å². The first-order valence-corrected chi connectivity index (χ1v) is 4.80. The van der Waals surface area contributed by atoms with Crippen molar-refractivity contribution < 1.29 is 14.4 Å². The number of nitro groups is 1. The van der Waals surface area contributed by atoms with E-state index in [1.54, 1.807) is 0 Å². The number of benzene rings is 1. The molecule has 0 radical (unpaired) electrons. The Kier molecular flexibility index (Phi) is 2.56. The number of nitro benzene ring substituents is 1. The first kappa shape index (κ1) is 11.5. The van der Waals surface area contributed by atoms with Crippen LogP contribution in [-0.2, 0) is 15.4 Å². The van der Waals surface area contributed by atoms with Crippen LogP contribution in [0, 0.1) is 15.5 Å². The number of nitrogens with zero attached hydrogens (tertiary/aromatic N) is 1. The van der Waals surface area contributed by atoms with E-state index in [-0.39, 0.29) is 11.5 Å². The first-order chi connectivity index (χ1) is 8.04. The standard InChI is InChI=1S/C10H11N3O4/c1-16-10(17-2)8-4-3-6(13(14)15)5-7(8)9(11)12-10/h3-5H,1-2H3,(H2,11,12). The van der Waals surface area contributed by atoms with Crippen molar-refractivity contribution in [2.75, 3.05) is 14.2 Å². The van der Waals surface area contributed by atoms with E-state index in [4.69, 9.17) is 14.9 Å². The van der Waals surface area contributed by atoms with Gasteiger partial charge in [-0.25, -0.2) is 0 Å². The molecule has 0 unspecified atom stereocenters. The smallest absolute Gasteiger partial charge is 0.279 e. The Morgan fingerprint density at radius 1 is 1.41 bits per heavy atom. The van der Waals surface area contributed by atoms with Gasteiger partial charge in [0.1, 0.15) is 5.84 Å². The maximum Gasteiger partial charge on any atom is 0.279 e. The Hall–Kier alpha value is -1.99. The summed E-state index contributed by atoms with van der Waals surface area (Å²) in [6.45, 7) is 0. The minimum absolute atomic E-state index is 0.0346. The van der Waals surface area contributed by atoms with Gasteiger partial charge in [0.2, 0.25) is 0 Å². The molecule has 0 amide bonds. The van der Waals surface area contributed by atoms with Gasteiger partial charge in [0, 0.05) is 37.5 Å². The molecule has 7 heteroatoms. The van der Waals surface area contributed by atoms with Crippen LogP contribution < -0.4 is 5.32 Å². The second-order valence-electron chi connectivity index (χ2n) is 3.51. The Morgan fingerprint density at radius 3 is 2.59 bits per heavy atom. The fourth-order valence-electron chi connectivity index (χ4n) is 1.84. The minimum atomic E-state index is -1.23. The molecule has 2 N–H and O–H groups in total. The highest BCUT2D eigenvalue weighted by Crippen LogP contribution is 2.34. The van der Waals surface area contributed by atoms with Gasteiger partial charge in [-0.15, -0.1) is 0 Å². The molecule has 7 nitrogen and oxygen atoms in total. The van der Waals surface area contributed by atoms with Gasteiger partial charge in [0.05, 0.1) is 4.92 Å². The second-order valence-corrected chi connectivity index (χ2v) is 3.51. The first-order valence-electron chi connectivity index (χ1n) is 4.80. The molecule has 0 spiro atoms. The van der Waals surface area contributed by atoms with E-state index in [0.717, 1.165) is 0 Å². The zero-order chi connectivity index (χ0) is 12.6. The highest BCUT2D eigenvalue weighted by molar-refractivity contribution is 6.01. The summed E-state index contributed by atoms with van der Waals surface area (Å²) in [5.41, 5.74) is 0.888. The maximum absolute atomic E-state index is 10.7. The SMILES string of the molecule is COC1(OC)NC(=N)c2cc([N+](=O)[O-])ccc21. The predicted octanol–water partition coefficient (Wildman–Crippen LogP) is 0.926. The number of non-ortho nitro benzene ring substituents is 1. The van der Waals surface area contributed by atoms with Crippen molar-refractivity contribution in [3.8, 4) is 0 Å². The number of fused-ring (bicyclic) bond motifs is 1. The summed E-state index contributed by atoms with van der Waals surface area (Å²) in [5, 5.41) is 21.1. The lowest BCUT2D eigenvalue weighted by Gasteiger charge is -2.26. The number of ether oxygens (including phenoxy) is 2. The molecule has 0 saturated heterocycles. The second kappa shape index (κ2) is 3.79. The molecule has 0 saturated carbocycles.